The highest BCUT2D eigenvalue weighted by Crippen LogP contribution is 2.12. The first-order valence-electron chi connectivity index (χ1n) is 4.62. The van der Waals surface area contributed by atoms with Crippen LogP contribution in [0.3, 0.4) is 0 Å². The van der Waals surface area contributed by atoms with E-state index in [4.69, 9.17) is 16.3 Å². The van der Waals surface area contributed by atoms with Gasteiger partial charge in [-0.15, -0.1) is 0 Å². The van der Waals surface area contributed by atoms with Crippen molar-refractivity contribution >= 4 is 11.6 Å². The summed E-state index contributed by atoms with van der Waals surface area (Å²) in [7, 11) is 1.71. The van der Waals surface area contributed by atoms with E-state index < -0.39 is 0 Å². The monoisotopic (exact) mass is 214 g/mol. The molecule has 0 saturated heterocycles. The van der Waals surface area contributed by atoms with Gasteiger partial charge in [-0.05, 0) is 24.6 Å². The Bertz CT molecular complexity index is 268. The molecular formula is C10H15ClN2O. The van der Waals surface area contributed by atoms with E-state index in [1.807, 2.05) is 6.07 Å². The number of nitrogens with one attached hydrogen (secondary N) is 1. The lowest BCUT2D eigenvalue weighted by atomic mass is 10.2. The Balaban J connectivity index is 2.21. The fraction of sp³-hybridized carbons (Fsp3) is 0.500. The molecule has 1 heterocycles. The van der Waals surface area contributed by atoms with Crippen LogP contribution >= 0.6 is 11.6 Å². The number of pyridine rings is 1. The minimum atomic E-state index is 0.715. The largest absolute Gasteiger partial charge is 0.385 e. The van der Waals surface area contributed by atoms with Crippen molar-refractivity contribution in [2.45, 2.75) is 13.0 Å². The quantitative estimate of drug-likeness (QED) is 0.735. The Morgan fingerprint density at radius 2 is 2.43 bits per heavy atom. The van der Waals surface area contributed by atoms with Gasteiger partial charge in [0.25, 0.3) is 0 Å². The normalized spacial score (nSPS) is 10.4. The molecule has 78 valence electrons. The summed E-state index contributed by atoms with van der Waals surface area (Å²) in [5, 5.41) is 4.00. The number of methoxy groups -OCH3 is 1. The summed E-state index contributed by atoms with van der Waals surface area (Å²) in [4.78, 5) is 3.92. The van der Waals surface area contributed by atoms with Crippen LogP contribution in [0.1, 0.15) is 12.0 Å². The molecule has 0 fully saturated rings. The second-order valence-electron chi connectivity index (χ2n) is 2.99. The third kappa shape index (κ3) is 4.05. The van der Waals surface area contributed by atoms with Gasteiger partial charge in [-0.3, -0.25) is 4.98 Å². The molecule has 0 amide bonds. The zero-order valence-electron chi connectivity index (χ0n) is 8.29. The Labute approximate surface area is 89.4 Å². The maximum Gasteiger partial charge on any atom is 0.0634 e. The highest BCUT2D eigenvalue weighted by Gasteiger charge is 1.97. The number of halogens is 1. The van der Waals surface area contributed by atoms with Gasteiger partial charge in [-0.1, -0.05) is 11.6 Å². The van der Waals surface area contributed by atoms with E-state index in [0.717, 1.165) is 31.7 Å². The van der Waals surface area contributed by atoms with E-state index in [1.165, 1.54) is 0 Å². The lowest BCUT2D eigenvalue weighted by Gasteiger charge is -2.05. The maximum absolute atomic E-state index is 5.94. The molecule has 0 radical (unpaired) electrons. The van der Waals surface area contributed by atoms with Crippen molar-refractivity contribution < 1.29 is 4.74 Å². The van der Waals surface area contributed by atoms with E-state index in [1.54, 1.807) is 19.5 Å². The van der Waals surface area contributed by atoms with Crippen LogP contribution in [-0.2, 0) is 11.3 Å². The molecule has 0 bridgehead atoms. The zero-order chi connectivity index (χ0) is 10.2. The van der Waals surface area contributed by atoms with Crippen molar-refractivity contribution in [2.75, 3.05) is 20.3 Å². The predicted octanol–water partition coefficient (Wildman–Crippen LogP) is 1.86. The van der Waals surface area contributed by atoms with Crippen LogP contribution in [0.25, 0.3) is 0 Å². The smallest absolute Gasteiger partial charge is 0.0634 e. The highest BCUT2D eigenvalue weighted by molar-refractivity contribution is 6.31. The van der Waals surface area contributed by atoms with E-state index in [2.05, 4.69) is 10.3 Å². The average molecular weight is 215 g/mol. The van der Waals surface area contributed by atoms with Crippen molar-refractivity contribution in [3.63, 3.8) is 0 Å². The molecule has 1 aromatic heterocycles. The van der Waals surface area contributed by atoms with Gasteiger partial charge < -0.3 is 10.1 Å². The third-order valence-electron chi connectivity index (χ3n) is 1.87. The van der Waals surface area contributed by atoms with Gasteiger partial charge in [0.2, 0.25) is 0 Å². The molecule has 0 aliphatic rings. The first kappa shape index (κ1) is 11.4. The van der Waals surface area contributed by atoms with Crippen LogP contribution in [-0.4, -0.2) is 25.2 Å². The second kappa shape index (κ2) is 6.76. The molecule has 1 N–H and O–H groups in total. The Hall–Kier alpha value is -0.640. The summed E-state index contributed by atoms with van der Waals surface area (Å²) in [5.74, 6) is 0. The number of hydrogen-bond acceptors (Lipinski definition) is 3. The van der Waals surface area contributed by atoms with Gasteiger partial charge in [-0.2, -0.15) is 0 Å². The summed E-state index contributed by atoms with van der Waals surface area (Å²) in [6.45, 7) is 2.51. The maximum atomic E-state index is 5.94. The summed E-state index contributed by atoms with van der Waals surface area (Å²) in [6.07, 6.45) is 4.42. The Kier molecular flexibility index (Phi) is 5.52. The van der Waals surface area contributed by atoms with E-state index in [0.29, 0.717) is 5.02 Å². The van der Waals surface area contributed by atoms with Crippen LogP contribution in [0, 0.1) is 0 Å². The SMILES string of the molecule is COCCCNCc1ccncc1Cl. The zero-order valence-corrected chi connectivity index (χ0v) is 9.05. The number of aromatic nitrogens is 1. The van der Waals surface area contributed by atoms with E-state index in [9.17, 15) is 0 Å². The Morgan fingerprint density at radius 1 is 1.57 bits per heavy atom. The molecule has 0 unspecified atom stereocenters. The second-order valence-corrected chi connectivity index (χ2v) is 3.40. The van der Waals surface area contributed by atoms with Crippen molar-refractivity contribution in [2.24, 2.45) is 0 Å². The van der Waals surface area contributed by atoms with Gasteiger partial charge in [0, 0.05) is 32.7 Å². The van der Waals surface area contributed by atoms with Gasteiger partial charge >= 0.3 is 0 Å². The summed E-state index contributed by atoms with van der Waals surface area (Å²) in [5.41, 5.74) is 1.08. The lowest BCUT2D eigenvalue weighted by molar-refractivity contribution is 0.194. The van der Waals surface area contributed by atoms with Crippen molar-refractivity contribution in [1.82, 2.24) is 10.3 Å². The number of hydrogen-bond donors (Lipinski definition) is 1. The van der Waals surface area contributed by atoms with Crippen LogP contribution in [0.4, 0.5) is 0 Å². The molecule has 0 aromatic carbocycles. The van der Waals surface area contributed by atoms with Crippen molar-refractivity contribution in [1.29, 1.82) is 0 Å². The molecule has 0 spiro atoms. The van der Waals surface area contributed by atoms with E-state index >= 15 is 0 Å². The molecule has 14 heavy (non-hydrogen) atoms. The van der Waals surface area contributed by atoms with Crippen molar-refractivity contribution in [3.8, 4) is 0 Å². The van der Waals surface area contributed by atoms with Crippen molar-refractivity contribution in [3.05, 3.63) is 29.0 Å². The third-order valence-corrected chi connectivity index (χ3v) is 2.21. The molecule has 0 saturated carbocycles. The van der Waals surface area contributed by atoms with Crippen LogP contribution in [0.15, 0.2) is 18.5 Å². The van der Waals surface area contributed by atoms with Gasteiger partial charge in [-0.25, -0.2) is 0 Å². The summed E-state index contributed by atoms with van der Waals surface area (Å²) < 4.78 is 4.94. The van der Waals surface area contributed by atoms with Gasteiger partial charge in [0.05, 0.1) is 5.02 Å². The molecule has 0 aliphatic carbocycles. The first-order valence-corrected chi connectivity index (χ1v) is 5.00. The first-order chi connectivity index (χ1) is 6.84. The number of ether oxygens (including phenoxy) is 1. The molecular weight excluding hydrogens is 200 g/mol. The van der Waals surface area contributed by atoms with Crippen LogP contribution < -0.4 is 5.32 Å². The van der Waals surface area contributed by atoms with Crippen LogP contribution in [0.2, 0.25) is 5.02 Å². The molecule has 4 heteroatoms. The fourth-order valence-electron chi connectivity index (χ4n) is 1.11. The minimum Gasteiger partial charge on any atom is -0.385 e. The minimum absolute atomic E-state index is 0.715. The number of rotatable bonds is 6. The molecule has 1 aromatic rings. The predicted molar refractivity (Wildman–Crippen MR) is 57.4 cm³/mol. The van der Waals surface area contributed by atoms with Gasteiger partial charge in [0.1, 0.15) is 0 Å². The lowest BCUT2D eigenvalue weighted by Crippen LogP contribution is -2.16. The molecule has 0 aliphatic heterocycles. The average Bonchev–Trinajstić information content (AvgIpc) is 2.20. The molecule has 3 nitrogen and oxygen atoms in total. The molecule has 0 atom stereocenters. The Morgan fingerprint density at radius 3 is 3.14 bits per heavy atom. The highest BCUT2D eigenvalue weighted by atomic mass is 35.5. The fourth-order valence-corrected chi connectivity index (χ4v) is 1.30. The summed E-state index contributed by atoms with van der Waals surface area (Å²) in [6, 6.07) is 1.92. The molecule has 1 rings (SSSR count). The topological polar surface area (TPSA) is 34.1 Å². The summed E-state index contributed by atoms with van der Waals surface area (Å²) >= 11 is 5.94. The van der Waals surface area contributed by atoms with Crippen LogP contribution in [0.5, 0.6) is 0 Å². The van der Waals surface area contributed by atoms with E-state index in [-0.39, 0.29) is 0 Å². The number of nitrogens with zero attached hydrogens (tertiary/aromatic N) is 1. The standard InChI is InChI=1S/C10H15ClN2O/c1-14-6-2-4-12-7-9-3-5-13-8-10(9)11/h3,5,8,12H,2,4,6-7H2,1H3. The van der Waals surface area contributed by atoms with Gasteiger partial charge in [0.15, 0.2) is 0 Å².